The normalized spacial score (nSPS) is 10.5. The first-order valence-electron chi connectivity index (χ1n) is 5.94. The molecule has 0 fully saturated rings. The van der Waals surface area contributed by atoms with E-state index < -0.39 is 0 Å². The van der Waals surface area contributed by atoms with Crippen molar-refractivity contribution in [2.45, 2.75) is 0 Å². The van der Waals surface area contributed by atoms with E-state index in [4.69, 9.17) is 4.74 Å². The van der Waals surface area contributed by atoms with Crippen LogP contribution in [0.4, 0.5) is 4.39 Å². The third-order valence-electron chi connectivity index (χ3n) is 2.82. The molecule has 0 amide bonds. The van der Waals surface area contributed by atoms with Gasteiger partial charge in [0, 0.05) is 11.6 Å². The lowest BCUT2D eigenvalue weighted by Gasteiger charge is -2.06. The van der Waals surface area contributed by atoms with Crippen LogP contribution in [-0.2, 0) is 0 Å². The van der Waals surface area contributed by atoms with Gasteiger partial charge in [-0.1, -0.05) is 0 Å². The van der Waals surface area contributed by atoms with Gasteiger partial charge in [0.2, 0.25) is 5.88 Å². The van der Waals surface area contributed by atoms with Crippen LogP contribution in [0.25, 0.3) is 17.1 Å². The molecular weight excluding hydrogens is 259 g/mol. The summed E-state index contributed by atoms with van der Waals surface area (Å²) in [6, 6.07) is 9.67. The first-order valence-corrected chi connectivity index (χ1v) is 5.94. The lowest BCUT2D eigenvalue weighted by molar-refractivity contribution is 0.397. The second kappa shape index (κ2) is 5.08. The maximum absolute atomic E-state index is 13.0. The highest BCUT2D eigenvalue weighted by atomic mass is 19.1. The van der Waals surface area contributed by atoms with E-state index in [0.717, 1.165) is 11.3 Å². The molecule has 3 rings (SSSR count). The van der Waals surface area contributed by atoms with E-state index in [1.54, 1.807) is 36.2 Å². The highest BCUT2D eigenvalue weighted by molar-refractivity contribution is 5.57. The summed E-state index contributed by atoms with van der Waals surface area (Å²) >= 11 is 0. The Morgan fingerprint density at radius 1 is 1.05 bits per heavy atom. The molecule has 1 aromatic carbocycles. The number of pyridine rings is 1. The van der Waals surface area contributed by atoms with E-state index in [1.165, 1.54) is 18.5 Å². The monoisotopic (exact) mass is 270 g/mol. The van der Waals surface area contributed by atoms with Crippen molar-refractivity contribution >= 4 is 0 Å². The first kappa shape index (κ1) is 12.3. The lowest BCUT2D eigenvalue weighted by atomic mass is 10.2. The van der Waals surface area contributed by atoms with Crippen molar-refractivity contribution < 1.29 is 9.13 Å². The molecule has 0 atom stereocenters. The van der Waals surface area contributed by atoms with Crippen molar-refractivity contribution in [2.75, 3.05) is 7.11 Å². The minimum Gasteiger partial charge on any atom is -0.481 e. The number of methoxy groups -OCH3 is 1. The van der Waals surface area contributed by atoms with E-state index in [9.17, 15) is 4.39 Å². The molecule has 0 aliphatic rings. The fourth-order valence-electron chi connectivity index (χ4n) is 1.84. The fourth-order valence-corrected chi connectivity index (χ4v) is 1.84. The standard InChI is InChI=1S/C14H11FN4O/c1-20-13-7-6-12(8-16-13)19-14(17-9-18-19)10-2-4-11(15)5-3-10/h2-9H,1H3. The first-order chi connectivity index (χ1) is 9.78. The van der Waals surface area contributed by atoms with Crippen LogP contribution in [0.1, 0.15) is 0 Å². The van der Waals surface area contributed by atoms with Crippen LogP contribution in [0.15, 0.2) is 48.9 Å². The Kier molecular flexibility index (Phi) is 3.12. The molecule has 0 unspecified atom stereocenters. The van der Waals surface area contributed by atoms with Gasteiger partial charge in [0.15, 0.2) is 5.82 Å². The number of halogens is 1. The number of nitrogens with zero attached hydrogens (tertiary/aromatic N) is 4. The topological polar surface area (TPSA) is 52.8 Å². The maximum atomic E-state index is 13.0. The van der Waals surface area contributed by atoms with E-state index in [0.29, 0.717) is 11.7 Å². The highest BCUT2D eigenvalue weighted by Gasteiger charge is 2.09. The van der Waals surface area contributed by atoms with E-state index in [2.05, 4.69) is 15.1 Å². The summed E-state index contributed by atoms with van der Waals surface area (Å²) < 4.78 is 19.6. The summed E-state index contributed by atoms with van der Waals surface area (Å²) in [7, 11) is 1.56. The second-order valence-electron chi connectivity index (χ2n) is 4.06. The minimum absolute atomic E-state index is 0.286. The molecule has 0 bridgehead atoms. The Hall–Kier alpha value is -2.76. The molecule has 0 saturated carbocycles. The molecule has 2 aromatic heterocycles. The quantitative estimate of drug-likeness (QED) is 0.733. The van der Waals surface area contributed by atoms with Gasteiger partial charge in [-0.3, -0.25) is 0 Å². The molecule has 3 aromatic rings. The van der Waals surface area contributed by atoms with Gasteiger partial charge in [0.25, 0.3) is 0 Å². The molecule has 0 spiro atoms. The van der Waals surface area contributed by atoms with Gasteiger partial charge in [0.05, 0.1) is 19.0 Å². The predicted molar refractivity (Wildman–Crippen MR) is 71.1 cm³/mol. The number of ether oxygens (including phenoxy) is 1. The highest BCUT2D eigenvalue weighted by Crippen LogP contribution is 2.20. The largest absolute Gasteiger partial charge is 0.481 e. The van der Waals surface area contributed by atoms with Crippen molar-refractivity contribution in [3.05, 3.63) is 54.7 Å². The summed E-state index contributed by atoms with van der Waals surface area (Å²) in [4.78, 5) is 8.34. The van der Waals surface area contributed by atoms with Crippen molar-refractivity contribution in [1.82, 2.24) is 19.7 Å². The molecule has 5 nitrogen and oxygen atoms in total. The van der Waals surface area contributed by atoms with Gasteiger partial charge in [-0.05, 0) is 30.3 Å². The fraction of sp³-hybridized carbons (Fsp3) is 0.0714. The summed E-state index contributed by atoms with van der Waals surface area (Å²) in [6.07, 6.45) is 3.09. The third kappa shape index (κ3) is 2.23. The molecule has 0 N–H and O–H groups in total. The molecule has 0 saturated heterocycles. The summed E-state index contributed by atoms with van der Waals surface area (Å²) in [5.41, 5.74) is 1.53. The van der Waals surface area contributed by atoms with Gasteiger partial charge in [-0.25, -0.2) is 19.0 Å². The molecular formula is C14H11FN4O. The average Bonchev–Trinajstić information content (AvgIpc) is 2.97. The minimum atomic E-state index is -0.286. The zero-order chi connectivity index (χ0) is 13.9. The third-order valence-corrected chi connectivity index (χ3v) is 2.82. The van der Waals surface area contributed by atoms with Crippen LogP contribution in [-0.4, -0.2) is 26.9 Å². The van der Waals surface area contributed by atoms with Crippen LogP contribution < -0.4 is 4.74 Å². The smallest absolute Gasteiger partial charge is 0.213 e. The second-order valence-corrected chi connectivity index (χ2v) is 4.06. The zero-order valence-corrected chi connectivity index (χ0v) is 10.7. The summed E-state index contributed by atoms with van der Waals surface area (Å²) in [5, 5.41) is 4.17. The molecule has 0 radical (unpaired) electrons. The van der Waals surface area contributed by atoms with Crippen molar-refractivity contribution in [3.63, 3.8) is 0 Å². The molecule has 100 valence electrons. The Morgan fingerprint density at radius 3 is 2.50 bits per heavy atom. The Morgan fingerprint density at radius 2 is 1.85 bits per heavy atom. The average molecular weight is 270 g/mol. The molecule has 0 aliphatic heterocycles. The van der Waals surface area contributed by atoms with Crippen molar-refractivity contribution in [2.24, 2.45) is 0 Å². The molecule has 6 heteroatoms. The van der Waals surface area contributed by atoms with Crippen LogP contribution >= 0.6 is 0 Å². The van der Waals surface area contributed by atoms with E-state index in [1.807, 2.05) is 6.07 Å². The zero-order valence-electron chi connectivity index (χ0n) is 10.7. The number of benzene rings is 1. The van der Waals surface area contributed by atoms with Gasteiger partial charge in [-0.15, -0.1) is 0 Å². The Labute approximate surface area is 114 Å². The number of hydrogen-bond acceptors (Lipinski definition) is 4. The SMILES string of the molecule is COc1ccc(-n2ncnc2-c2ccc(F)cc2)cn1. The van der Waals surface area contributed by atoms with Gasteiger partial charge < -0.3 is 4.74 Å². The molecule has 20 heavy (non-hydrogen) atoms. The Balaban J connectivity index is 2.02. The molecule has 0 aliphatic carbocycles. The van der Waals surface area contributed by atoms with E-state index in [-0.39, 0.29) is 5.82 Å². The Bertz CT molecular complexity index is 707. The number of hydrogen-bond donors (Lipinski definition) is 0. The van der Waals surface area contributed by atoms with Gasteiger partial charge in [0.1, 0.15) is 12.1 Å². The number of rotatable bonds is 3. The van der Waals surface area contributed by atoms with Crippen LogP contribution in [0, 0.1) is 5.82 Å². The van der Waals surface area contributed by atoms with Crippen LogP contribution in [0.3, 0.4) is 0 Å². The van der Waals surface area contributed by atoms with Crippen molar-refractivity contribution in [3.8, 4) is 23.0 Å². The van der Waals surface area contributed by atoms with Crippen LogP contribution in [0.2, 0.25) is 0 Å². The van der Waals surface area contributed by atoms with Gasteiger partial charge >= 0.3 is 0 Å². The molecule has 2 heterocycles. The summed E-state index contributed by atoms with van der Waals surface area (Å²) in [6.45, 7) is 0. The van der Waals surface area contributed by atoms with Crippen LogP contribution in [0.5, 0.6) is 5.88 Å². The van der Waals surface area contributed by atoms with Crippen molar-refractivity contribution in [1.29, 1.82) is 0 Å². The summed E-state index contributed by atoms with van der Waals surface area (Å²) in [5.74, 6) is 0.861. The lowest BCUT2D eigenvalue weighted by Crippen LogP contribution is -2.00. The van der Waals surface area contributed by atoms with Gasteiger partial charge in [-0.2, -0.15) is 5.10 Å². The maximum Gasteiger partial charge on any atom is 0.213 e. The predicted octanol–water partition coefficient (Wildman–Crippen LogP) is 2.48. The van der Waals surface area contributed by atoms with E-state index >= 15 is 0 Å². The number of aromatic nitrogens is 4.